The van der Waals surface area contributed by atoms with Crippen molar-refractivity contribution in [2.24, 2.45) is 0 Å². The van der Waals surface area contributed by atoms with Gasteiger partial charge in [-0.15, -0.1) is 0 Å². The molecule has 1 amide bonds. The van der Waals surface area contributed by atoms with E-state index in [1.165, 1.54) is 11.1 Å². The minimum atomic E-state index is -0.502. The van der Waals surface area contributed by atoms with Crippen LogP contribution in [0.1, 0.15) is 35.6 Å². The zero-order valence-electron chi connectivity index (χ0n) is 14.6. The van der Waals surface area contributed by atoms with Gasteiger partial charge in [-0.2, -0.15) is 0 Å². The van der Waals surface area contributed by atoms with E-state index in [0.717, 1.165) is 22.6 Å². The lowest BCUT2D eigenvalue weighted by atomic mass is 10.0. The molecule has 2 aromatic rings. The van der Waals surface area contributed by atoms with Crippen LogP contribution >= 0.6 is 0 Å². The predicted molar refractivity (Wildman–Crippen MR) is 95.2 cm³/mol. The number of anilines is 1. The van der Waals surface area contributed by atoms with Crippen molar-refractivity contribution in [3.63, 3.8) is 0 Å². The number of hydrogen-bond acceptors (Lipinski definition) is 2. The van der Waals surface area contributed by atoms with Gasteiger partial charge >= 0.3 is 0 Å². The number of amides is 1. The number of carbonyl (C=O) groups excluding carboxylic acids is 1. The summed E-state index contributed by atoms with van der Waals surface area (Å²) in [6.07, 6.45) is 0.113. The SMILES string of the molecule is CCC(Oc1ccc(C)cc1)C(=O)Nc1c(C)cc(C)cc1C. The first-order valence-corrected chi connectivity index (χ1v) is 8.02. The summed E-state index contributed by atoms with van der Waals surface area (Å²) in [5.74, 6) is 0.609. The van der Waals surface area contributed by atoms with Gasteiger partial charge in [0.25, 0.3) is 5.91 Å². The monoisotopic (exact) mass is 311 g/mol. The maximum atomic E-state index is 12.6. The van der Waals surface area contributed by atoms with Crippen molar-refractivity contribution < 1.29 is 9.53 Å². The molecule has 0 aromatic heterocycles. The van der Waals surface area contributed by atoms with E-state index >= 15 is 0 Å². The highest BCUT2D eigenvalue weighted by molar-refractivity contribution is 5.95. The summed E-state index contributed by atoms with van der Waals surface area (Å²) in [5, 5.41) is 3.02. The molecule has 1 N–H and O–H groups in total. The highest BCUT2D eigenvalue weighted by Crippen LogP contribution is 2.23. The lowest BCUT2D eigenvalue weighted by Crippen LogP contribution is -2.32. The minimum Gasteiger partial charge on any atom is -0.481 e. The lowest BCUT2D eigenvalue weighted by Gasteiger charge is -2.19. The molecule has 23 heavy (non-hydrogen) atoms. The van der Waals surface area contributed by atoms with Crippen molar-refractivity contribution in [2.45, 2.75) is 47.1 Å². The molecule has 0 aliphatic heterocycles. The van der Waals surface area contributed by atoms with Crippen molar-refractivity contribution in [3.05, 3.63) is 58.7 Å². The number of benzene rings is 2. The van der Waals surface area contributed by atoms with E-state index in [-0.39, 0.29) is 5.91 Å². The molecule has 1 atom stereocenters. The fraction of sp³-hybridized carbons (Fsp3) is 0.350. The van der Waals surface area contributed by atoms with Crippen LogP contribution in [0.4, 0.5) is 5.69 Å². The molecule has 3 heteroatoms. The molecule has 0 radical (unpaired) electrons. The fourth-order valence-electron chi connectivity index (χ4n) is 2.68. The second-order valence-electron chi connectivity index (χ2n) is 6.09. The van der Waals surface area contributed by atoms with Gasteiger partial charge in [-0.05, 0) is 57.4 Å². The van der Waals surface area contributed by atoms with Crippen LogP contribution in [-0.2, 0) is 4.79 Å². The maximum absolute atomic E-state index is 12.6. The summed E-state index contributed by atoms with van der Waals surface area (Å²) < 4.78 is 5.84. The molecular formula is C20H25NO2. The van der Waals surface area contributed by atoms with E-state index in [4.69, 9.17) is 4.74 Å². The smallest absolute Gasteiger partial charge is 0.265 e. The maximum Gasteiger partial charge on any atom is 0.265 e. The third kappa shape index (κ3) is 4.35. The van der Waals surface area contributed by atoms with Gasteiger partial charge in [0.1, 0.15) is 5.75 Å². The van der Waals surface area contributed by atoms with Gasteiger partial charge in [0.05, 0.1) is 0 Å². The van der Waals surface area contributed by atoms with Crippen LogP contribution in [0, 0.1) is 27.7 Å². The van der Waals surface area contributed by atoms with Gasteiger partial charge in [0, 0.05) is 5.69 Å². The predicted octanol–water partition coefficient (Wildman–Crippen LogP) is 4.72. The van der Waals surface area contributed by atoms with E-state index in [0.29, 0.717) is 6.42 Å². The van der Waals surface area contributed by atoms with Gasteiger partial charge in [-0.1, -0.05) is 42.3 Å². The van der Waals surface area contributed by atoms with Crippen molar-refractivity contribution in [2.75, 3.05) is 5.32 Å². The van der Waals surface area contributed by atoms with E-state index < -0.39 is 6.10 Å². The Morgan fingerprint density at radius 1 is 1.00 bits per heavy atom. The van der Waals surface area contributed by atoms with Crippen LogP contribution in [-0.4, -0.2) is 12.0 Å². The third-order valence-electron chi connectivity index (χ3n) is 3.89. The molecule has 0 spiro atoms. The minimum absolute atomic E-state index is 0.108. The molecular weight excluding hydrogens is 286 g/mol. The largest absolute Gasteiger partial charge is 0.481 e. The summed E-state index contributed by atoms with van der Waals surface area (Å²) in [5.41, 5.74) is 5.38. The molecule has 0 bridgehead atoms. The first-order chi connectivity index (χ1) is 10.9. The zero-order chi connectivity index (χ0) is 17.0. The molecule has 2 aromatic carbocycles. The number of rotatable bonds is 5. The second kappa shape index (κ2) is 7.32. The van der Waals surface area contributed by atoms with Crippen molar-refractivity contribution in [1.29, 1.82) is 0 Å². The number of carbonyl (C=O) groups is 1. The van der Waals surface area contributed by atoms with Crippen molar-refractivity contribution >= 4 is 11.6 Å². The lowest BCUT2D eigenvalue weighted by molar-refractivity contribution is -0.122. The van der Waals surface area contributed by atoms with E-state index in [1.807, 2.05) is 52.0 Å². The van der Waals surface area contributed by atoms with E-state index in [9.17, 15) is 4.79 Å². The summed E-state index contributed by atoms with van der Waals surface area (Å²) in [6, 6.07) is 11.9. The molecule has 122 valence electrons. The first kappa shape index (κ1) is 17.1. The van der Waals surface area contributed by atoms with Crippen LogP contribution < -0.4 is 10.1 Å². The van der Waals surface area contributed by atoms with Gasteiger partial charge in [-0.25, -0.2) is 0 Å². The Hall–Kier alpha value is -2.29. The molecule has 0 aliphatic rings. The van der Waals surface area contributed by atoms with Gasteiger partial charge in [0.2, 0.25) is 0 Å². The molecule has 0 saturated heterocycles. The Labute approximate surface area is 138 Å². The zero-order valence-corrected chi connectivity index (χ0v) is 14.6. The number of hydrogen-bond donors (Lipinski definition) is 1. The fourth-order valence-corrected chi connectivity index (χ4v) is 2.68. The van der Waals surface area contributed by atoms with Gasteiger partial charge in [-0.3, -0.25) is 4.79 Å². The van der Waals surface area contributed by atoms with E-state index in [1.54, 1.807) is 0 Å². The Balaban J connectivity index is 2.13. The van der Waals surface area contributed by atoms with Crippen LogP contribution in [0.2, 0.25) is 0 Å². The number of ether oxygens (including phenoxy) is 1. The normalized spacial score (nSPS) is 11.9. The Morgan fingerprint density at radius 2 is 1.57 bits per heavy atom. The van der Waals surface area contributed by atoms with Crippen LogP contribution in [0.15, 0.2) is 36.4 Å². The van der Waals surface area contributed by atoms with Gasteiger partial charge < -0.3 is 10.1 Å². The Bertz CT molecular complexity index is 666. The number of nitrogens with one attached hydrogen (secondary N) is 1. The topological polar surface area (TPSA) is 38.3 Å². The highest BCUT2D eigenvalue weighted by Gasteiger charge is 2.20. The average molecular weight is 311 g/mol. The Morgan fingerprint density at radius 3 is 2.09 bits per heavy atom. The van der Waals surface area contributed by atoms with E-state index in [2.05, 4.69) is 24.4 Å². The molecule has 0 fully saturated rings. The molecule has 0 heterocycles. The Kier molecular flexibility index (Phi) is 5.43. The van der Waals surface area contributed by atoms with Crippen molar-refractivity contribution in [1.82, 2.24) is 0 Å². The standard InChI is InChI=1S/C20H25NO2/c1-6-18(23-17-9-7-13(2)8-10-17)20(22)21-19-15(4)11-14(3)12-16(19)5/h7-12,18H,6H2,1-5H3,(H,21,22). The molecule has 2 rings (SSSR count). The average Bonchev–Trinajstić information content (AvgIpc) is 2.50. The summed E-state index contributed by atoms with van der Waals surface area (Å²) in [4.78, 5) is 12.6. The molecule has 0 saturated carbocycles. The van der Waals surface area contributed by atoms with Crippen LogP contribution in [0.5, 0.6) is 5.75 Å². The summed E-state index contributed by atoms with van der Waals surface area (Å²) >= 11 is 0. The third-order valence-corrected chi connectivity index (χ3v) is 3.89. The molecule has 3 nitrogen and oxygen atoms in total. The molecule has 1 unspecified atom stereocenters. The van der Waals surface area contributed by atoms with Crippen LogP contribution in [0.3, 0.4) is 0 Å². The summed E-state index contributed by atoms with van der Waals surface area (Å²) in [6.45, 7) is 10.1. The second-order valence-corrected chi connectivity index (χ2v) is 6.09. The number of aryl methyl sites for hydroxylation is 4. The van der Waals surface area contributed by atoms with Gasteiger partial charge in [0.15, 0.2) is 6.10 Å². The quantitative estimate of drug-likeness (QED) is 0.868. The highest BCUT2D eigenvalue weighted by atomic mass is 16.5. The first-order valence-electron chi connectivity index (χ1n) is 8.02. The summed E-state index contributed by atoms with van der Waals surface area (Å²) in [7, 11) is 0. The van der Waals surface area contributed by atoms with Crippen LogP contribution in [0.25, 0.3) is 0 Å². The molecule has 0 aliphatic carbocycles. The van der Waals surface area contributed by atoms with Crippen molar-refractivity contribution in [3.8, 4) is 5.75 Å².